The van der Waals surface area contributed by atoms with Gasteiger partial charge in [0.05, 0.1) is 27.1 Å². The minimum atomic E-state index is -3.87. The molecule has 0 atom stereocenters. The number of sulfone groups is 1. The van der Waals surface area contributed by atoms with E-state index in [1.54, 1.807) is 24.6 Å². The van der Waals surface area contributed by atoms with Crippen LogP contribution in [0.2, 0.25) is 0 Å². The average Bonchev–Trinajstić information content (AvgIpc) is 3.20. The molecule has 3 heterocycles. The van der Waals surface area contributed by atoms with Crippen LogP contribution in [0.5, 0.6) is 0 Å². The smallest absolute Gasteiger partial charge is 0.183 e. The Morgan fingerprint density at radius 2 is 1.72 bits per heavy atom. The number of nitrogens with two attached hydrogens (primary N) is 2. The van der Waals surface area contributed by atoms with Crippen molar-refractivity contribution in [2.24, 2.45) is 17.5 Å². The van der Waals surface area contributed by atoms with Gasteiger partial charge in [0.1, 0.15) is 0 Å². The maximum atomic E-state index is 15.2. The van der Waals surface area contributed by atoms with Gasteiger partial charge in [0.2, 0.25) is 0 Å². The molecule has 1 saturated heterocycles. The van der Waals surface area contributed by atoms with E-state index in [0.717, 1.165) is 25.2 Å². The first-order valence-corrected chi connectivity index (χ1v) is 14.4. The van der Waals surface area contributed by atoms with E-state index < -0.39 is 21.5 Å². The Hall–Kier alpha value is -3.54. The number of ether oxygens (including phenoxy) is 1. The molecule has 208 valence electrons. The standard InChI is InChI=1S/C22H27F2N5O3S.C6H6/c1-12(25)21(28(2)26)14-8-16-20(27-10-14)18-17(33(3,30)31)9-15(23)19(24)22(18)29(16)11-13-4-6-32-7-5-13;1-2-4-6-5-3-1/h8-10,13H,4-7,11,25-26H2,1-3H3;1-6H/b21-12-;. The molecule has 0 aliphatic carbocycles. The maximum absolute atomic E-state index is 15.2. The zero-order chi connectivity index (χ0) is 28.3. The highest BCUT2D eigenvalue weighted by Gasteiger charge is 2.28. The van der Waals surface area contributed by atoms with Crippen LogP contribution in [0, 0.1) is 17.6 Å². The number of pyridine rings is 1. The fourth-order valence-corrected chi connectivity index (χ4v) is 5.82. The molecule has 4 N–H and O–H groups in total. The van der Waals surface area contributed by atoms with Gasteiger partial charge in [-0.2, -0.15) is 0 Å². The highest BCUT2D eigenvalue weighted by atomic mass is 32.2. The lowest BCUT2D eigenvalue weighted by molar-refractivity contribution is 0.0619. The Labute approximate surface area is 226 Å². The van der Waals surface area contributed by atoms with E-state index in [2.05, 4.69) is 4.98 Å². The Morgan fingerprint density at radius 3 is 2.23 bits per heavy atom. The molecule has 0 bridgehead atoms. The topological polar surface area (TPSA) is 116 Å². The molecule has 0 saturated carbocycles. The van der Waals surface area contributed by atoms with Gasteiger partial charge in [-0.3, -0.25) is 4.98 Å². The van der Waals surface area contributed by atoms with Gasteiger partial charge in [0.25, 0.3) is 0 Å². The number of nitrogens with zero attached hydrogens (tertiary/aromatic N) is 3. The number of halogens is 2. The number of hydrogen-bond donors (Lipinski definition) is 2. The summed E-state index contributed by atoms with van der Waals surface area (Å²) in [6.45, 7) is 3.20. The normalized spacial score (nSPS) is 15.1. The van der Waals surface area contributed by atoms with Crippen LogP contribution in [-0.2, 0) is 21.1 Å². The van der Waals surface area contributed by atoms with Crippen LogP contribution in [0.1, 0.15) is 25.3 Å². The van der Waals surface area contributed by atoms with Crippen molar-refractivity contribution in [3.05, 3.63) is 77.6 Å². The number of hydrazine groups is 1. The van der Waals surface area contributed by atoms with E-state index in [9.17, 15) is 12.8 Å². The predicted molar refractivity (Wildman–Crippen MR) is 149 cm³/mol. The van der Waals surface area contributed by atoms with Crippen molar-refractivity contribution in [2.75, 3.05) is 26.5 Å². The second-order valence-electron chi connectivity index (χ2n) is 9.72. The Kier molecular flexibility index (Phi) is 8.53. The average molecular weight is 558 g/mol. The van der Waals surface area contributed by atoms with Gasteiger partial charge in [0, 0.05) is 55.9 Å². The molecule has 0 amide bonds. The van der Waals surface area contributed by atoms with Crippen molar-refractivity contribution in [1.82, 2.24) is 14.6 Å². The quantitative estimate of drug-likeness (QED) is 0.212. The number of aromatic nitrogens is 2. The van der Waals surface area contributed by atoms with E-state index in [1.165, 1.54) is 11.2 Å². The van der Waals surface area contributed by atoms with Crippen molar-refractivity contribution in [3.63, 3.8) is 0 Å². The first-order chi connectivity index (χ1) is 18.5. The maximum Gasteiger partial charge on any atom is 0.183 e. The van der Waals surface area contributed by atoms with Crippen molar-refractivity contribution < 1.29 is 21.9 Å². The van der Waals surface area contributed by atoms with Gasteiger partial charge in [-0.05, 0) is 37.8 Å². The summed E-state index contributed by atoms with van der Waals surface area (Å²) in [5.41, 5.74) is 8.19. The molecule has 11 heteroatoms. The molecule has 8 nitrogen and oxygen atoms in total. The lowest BCUT2D eigenvalue weighted by Gasteiger charge is -2.23. The molecule has 1 fully saturated rings. The first-order valence-electron chi connectivity index (χ1n) is 12.5. The summed E-state index contributed by atoms with van der Waals surface area (Å²) in [5.74, 6) is 3.78. The van der Waals surface area contributed by atoms with Crippen LogP contribution >= 0.6 is 0 Å². The number of rotatable bonds is 5. The second kappa shape index (κ2) is 11.7. The van der Waals surface area contributed by atoms with Gasteiger partial charge >= 0.3 is 0 Å². The summed E-state index contributed by atoms with van der Waals surface area (Å²) in [4.78, 5) is 4.19. The number of benzene rings is 2. The first kappa shape index (κ1) is 28.5. The fraction of sp³-hybridized carbons (Fsp3) is 0.321. The SMILES string of the molecule is C/C(N)=C(\c1cnc2c3c(S(C)(=O)=O)cc(F)c(F)c3n(CC3CCOCC3)c2c1)N(C)N.c1ccccc1. The second-order valence-corrected chi connectivity index (χ2v) is 11.7. The van der Waals surface area contributed by atoms with Gasteiger partial charge < -0.3 is 20.0 Å². The van der Waals surface area contributed by atoms with Crippen LogP contribution in [0.15, 0.2) is 65.3 Å². The summed E-state index contributed by atoms with van der Waals surface area (Å²) < 4.78 is 61.9. The van der Waals surface area contributed by atoms with Crippen molar-refractivity contribution in [3.8, 4) is 0 Å². The van der Waals surface area contributed by atoms with E-state index >= 15 is 4.39 Å². The van der Waals surface area contributed by atoms with Crippen molar-refractivity contribution >= 4 is 37.5 Å². The zero-order valence-corrected chi connectivity index (χ0v) is 23.0. The van der Waals surface area contributed by atoms with E-state index in [1.807, 2.05) is 36.4 Å². The van der Waals surface area contributed by atoms with Gasteiger partial charge in [0.15, 0.2) is 21.5 Å². The summed E-state index contributed by atoms with van der Waals surface area (Å²) in [6.07, 6.45) is 3.98. The van der Waals surface area contributed by atoms with E-state index in [4.69, 9.17) is 16.3 Å². The molecule has 1 aliphatic rings. The number of allylic oxidation sites excluding steroid dienone is 1. The lowest BCUT2D eigenvalue weighted by Crippen LogP contribution is -2.26. The molecular weight excluding hydrogens is 524 g/mol. The molecule has 39 heavy (non-hydrogen) atoms. The summed E-state index contributed by atoms with van der Waals surface area (Å²) >= 11 is 0. The van der Waals surface area contributed by atoms with Crippen LogP contribution in [-0.4, -0.2) is 49.5 Å². The molecular formula is C28H33F2N5O3S. The molecule has 1 aliphatic heterocycles. The van der Waals surface area contributed by atoms with E-state index in [-0.39, 0.29) is 27.2 Å². The predicted octanol–water partition coefficient (Wildman–Crippen LogP) is 4.44. The molecule has 4 aromatic rings. The minimum absolute atomic E-state index is 0.0705. The Morgan fingerprint density at radius 1 is 1.13 bits per heavy atom. The summed E-state index contributed by atoms with van der Waals surface area (Å²) in [5, 5.41) is 1.42. The van der Waals surface area contributed by atoms with Crippen molar-refractivity contribution in [1.29, 1.82) is 0 Å². The summed E-state index contributed by atoms with van der Waals surface area (Å²) in [7, 11) is -2.24. The lowest BCUT2D eigenvalue weighted by atomic mass is 10.0. The summed E-state index contributed by atoms with van der Waals surface area (Å²) in [6, 6.07) is 14.5. The van der Waals surface area contributed by atoms with Crippen LogP contribution < -0.4 is 11.6 Å². The Balaban J connectivity index is 0.000000519. The molecule has 0 spiro atoms. The molecule has 5 rings (SSSR count). The highest BCUT2D eigenvalue weighted by molar-refractivity contribution is 7.91. The highest BCUT2D eigenvalue weighted by Crippen LogP contribution is 2.38. The molecule has 0 unspecified atom stereocenters. The Bertz CT molecular complexity index is 1580. The third kappa shape index (κ3) is 6.05. The van der Waals surface area contributed by atoms with Crippen LogP contribution in [0.25, 0.3) is 27.6 Å². The minimum Gasteiger partial charge on any atom is -0.401 e. The van der Waals surface area contributed by atoms with Crippen LogP contribution in [0.3, 0.4) is 0 Å². The monoisotopic (exact) mass is 557 g/mol. The zero-order valence-electron chi connectivity index (χ0n) is 22.2. The van der Waals surface area contributed by atoms with Gasteiger partial charge in [-0.25, -0.2) is 23.0 Å². The van der Waals surface area contributed by atoms with Gasteiger partial charge in [-0.15, -0.1) is 0 Å². The fourth-order valence-electron chi connectivity index (χ4n) is 4.94. The number of hydrogen-bond acceptors (Lipinski definition) is 7. The van der Waals surface area contributed by atoms with Crippen molar-refractivity contribution in [2.45, 2.75) is 31.2 Å². The van der Waals surface area contributed by atoms with Crippen LogP contribution in [0.4, 0.5) is 8.78 Å². The third-order valence-corrected chi connectivity index (χ3v) is 7.79. The largest absolute Gasteiger partial charge is 0.401 e. The molecule has 2 aromatic carbocycles. The number of fused-ring (bicyclic) bond motifs is 3. The molecule has 0 radical (unpaired) electrons. The molecule has 2 aromatic heterocycles. The third-order valence-electron chi connectivity index (χ3n) is 6.67. The van der Waals surface area contributed by atoms with Gasteiger partial charge in [-0.1, -0.05) is 36.4 Å². The van der Waals surface area contributed by atoms with E-state index in [0.29, 0.717) is 42.2 Å².